The molecule has 0 fully saturated rings. The van der Waals surface area contributed by atoms with Crippen molar-refractivity contribution >= 4 is 26.4 Å². The number of benzene rings is 1. The van der Waals surface area contributed by atoms with Crippen LogP contribution < -0.4 is 9.47 Å². The van der Waals surface area contributed by atoms with Crippen molar-refractivity contribution in [2.75, 3.05) is 14.2 Å². The van der Waals surface area contributed by atoms with Gasteiger partial charge < -0.3 is 9.47 Å². The highest BCUT2D eigenvalue weighted by Gasteiger charge is 2.09. The summed E-state index contributed by atoms with van der Waals surface area (Å²) < 4.78 is 9.96. The summed E-state index contributed by atoms with van der Waals surface area (Å²) in [6, 6.07) is 5.13. The zero-order valence-corrected chi connectivity index (χ0v) is 9.49. The van der Waals surface area contributed by atoms with Gasteiger partial charge in [-0.25, -0.2) is 0 Å². The van der Waals surface area contributed by atoms with Crippen LogP contribution in [-0.4, -0.2) is 18.0 Å². The third-order valence-electron chi connectivity index (χ3n) is 1.62. The minimum Gasteiger partial charge on any atom is -0.497 e. The van der Waals surface area contributed by atoms with Gasteiger partial charge in [0.15, 0.2) is 0 Å². The lowest BCUT2D eigenvalue weighted by atomic mass is 10.2. The van der Waals surface area contributed by atoms with Gasteiger partial charge in [0.1, 0.15) is 11.5 Å². The number of ether oxygens (including phenoxy) is 2. The average molecular weight is 292 g/mol. The van der Waals surface area contributed by atoms with Gasteiger partial charge in [-0.1, -0.05) is 0 Å². The second-order valence-electron chi connectivity index (χ2n) is 2.34. The van der Waals surface area contributed by atoms with Crippen LogP contribution in [0.1, 0.15) is 10.4 Å². The number of hydrogen-bond acceptors (Lipinski definition) is 3. The Labute approximate surface area is 90.2 Å². The van der Waals surface area contributed by atoms with Crippen molar-refractivity contribution in [1.29, 1.82) is 0 Å². The molecule has 0 heterocycles. The first-order valence-electron chi connectivity index (χ1n) is 3.61. The molecule has 0 saturated carbocycles. The molecule has 0 aliphatic rings. The van der Waals surface area contributed by atoms with Gasteiger partial charge in [-0.15, -0.1) is 0 Å². The van der Waals surface area contributed by atoms with E-state index in [0.29, 0.717) is 17.1 Å². The van der Waals surface area contributed by atoms with Gasteiger partial charge in [-0.2, -0.15) is 0 Å². The van der Waals surface area contributed by atoms with Gasteiger partial charge in [0.2, 0.25) is 3.79 Å². The number of carbonyl (C=O) groups excluding carboxylic acids is 1. The maximum Gasteiger partial charge on any atom is 0.226 e. The lowest BCUT2D eigenvalue weighted by molar-refractivity contribution is 0.110. The lowest BCUT2D eigenvalue weighted by Gasteiger charge is -2.06. The molecule has 0 aliphatic heterocycles. The molecule has 0 spiro atoms. The highest BCUT2D eigenvalue weighted by atomic mass is 127. The second-order valence-corrected chi connectivity index (χ2v) is 3.32. The van der Waals surface area contributed by atoms with E-state index >= 15 is 0 Å². The molecule has 0 aliphatic carbocycles. The van der Waals surface area contributed by atoms with Gasteiger partial charge in [-0.05, 0) is 18.2 Å². The summed E-state index contributed by atoms with van der Waals surface area (Å²) >= 11 is 1.72. The van der Waals surface area contributed by atoms with E-state index in [1.165, 1.54) is 7.11 Å². The fourth-order valence-electron chi connectivity index (χ4n) is 0.968. The van der Waals surface area contributed by atoms with Gasteiger partial charge in [0.25, 0.3) is 0 Å². The second kappa shape index (κ2) is 4.45. The Hall–Kier alpha value is -0.780. The Morgan fingerprint density at radius 1 is 1.31 bits per heavy atom. The van der Waals surface area contributed by atoms with E-state index < -0.39 is 0 Å². The van der Waals surface area contributed by atoms with E-state index in [2.05, 4.69) is 0 Å². The molecule has 0 aromatic heterocycles. The van der Waals surface area contributed by atoms with Crippen LogP contribution in [0, 0.1) is 0 Å². The molecule has 0 unspecified atom stereocenters. The third kappa shape index (κ3) is 2.33. The smallest absolute Gasteiger partial charge is 0.226 e. The molecular formula is C9H9IO3. The summed E-state index contributed by atoms with van der Waals surface area (Å²) in [5, 5.41) is 0. The SMILES string of the molecule is COc1ccc(OC)c(C(=O)I)c1. The first-order valence-corrected chi connectivity index (χ1v) is 4.68. The molecule has 1 aromatic rings. The molecule has 0 bridgehead atoms. The summed E-state index contributed by atoms with van der Waals surface area (Å²) in [6.07, 6.45) is 0. The molecule has 70 valence electrons. The molecule has 0 saturated heterocycles. The van der Waals surface area contributed by atoms with Crippen molar-refractivity contribution in [3.05, 3.63) is 23.8 Å². The highest BCUT2D eigenvalue weighted by molar-refractivity contribution is 14.1. The number of hydrogen-bond donors (Lipinski definition) is 0. The minimum atomic E-state index is -0.0617. The predicted octanol–water partition coefficient (Wildman–Crippen LogP) is 2.28. The van der Waals surface area contributed by atoms with Gasteiger partial charge in [0, 0.05) is 22.6 Å². The number of carbonyl (C=O) groups is 1. The quantitative estimate of drug-likeness (QED) is 0.633. The molecule has 0 N–H and O–H groups in total. The fraction of sp³-hybridized carbons (Fsp3) is 0.222. The molecule has 0 atom stereocenters. The van der Waals surface area contributed by atoms with Gasteiger partial charge in [-0.3, -0.25) is 4.79 Å². The standard InChI is InChI=1S/C9H9IO3/c1-12-6-3-4-8(13-2)7(5-6)9(10)11/h3-5H,1-2H3. The minimum absolute atomic E-state index is 0.0617. The van der Waals surface area contributed by atoms with E-state index in [4.69, 9.17) is 9.47 Å². The first-order chi connectivity index (χ1) is 6.19. The molecule has 4 heteroatoms. The number of rotatable bonds is 3. The van der Waals surface area contributed by atoms with Crippen LogP contribution >= 0.6 is 22.6 Å². The molecule has 0 amide bonds. The van der Waals surface area contributed by atoms with Crippen molar-refractivity contribution in [3.63, 3.8) is 0 Å². The summed E-state index contributed by atoms with van der Waals surface area (Å²) in [5.74, 6) is 1.22. The van der Waals surface area contributed by atoms with Crippen molar-refractivity contribution in [2.24, 2.45) is 0 Å². The van der Waals surface area contributed by atoms with Crippen LogP contribution in [-0.2, 0) is 0 Å². The summed E-state index contributed by atoms with van der Waals surface area (Å²) in [6.45, 7) is 0. The Bertz CT molecular complexity index is 323. The first kappa shape index (κ1) is 10.3. The van der Waals surface area contributed by atoms with Crippen LogP contribution in [0.4, 0.5) is 0 Å². The Kier molecular flexibility index (Phi) is 3.53. The van der Waals surface area contributed by atoms with Crippen molar-refractivity contribution < 1.29 is 14.3 Å². The summed E-state index contributed by atoms with van der Waals surface area (Å²) in [7, 11) is 3.09. The third-order valence-corrected chi connectivity index (χ3v) is 2.20. The zero-order valence-electron chi connectivity index (χ0n) is 7.33. The Balaban J connectivity index is 3.18. The van der Waals surface area contributed by atoms with Crippen LogP contribution in [0.3, 0.4) is 0 Å². The molecule has 1 aromatic carbocycles. The Morgan fingerprint density at radius 2 is 2.00 bits per heavy atom. The van der Waals surface area contributed by atoms with E-state index in [1.807, 2.05) is 0 Å². The Morgan fingerprint density at radius 3 is 2.46 bits per heavy atom. The number of methoxy groups -OCH3 is 2. The molecule has 13 heavy (non-hydrogen) atoms. The molecule has 3 nitrogen and oxygen atoms in total. The average Bonchev–Trinajstić information content (AvgIpc) is 2.16. The van der Waals surface area contributed by atoms with Crippen molar-refractivity contribution in [1.82, 2.24) is 0 Å². The van der Waals surface area contributed by atoms with Crippen molar-refractivity contribution in [2.45, 2.75) is 0 Å². The fourth-order valence-corrected chi connectivity index (χ4v) is 1.39. The maximum atomic E-state index is 11.1. The van der Waals surface area contributed by atoms with E-state index in [9.17, 15) is 4.79 Å². The van der Waals surface area contributed by atoms with Crippen LogP contribution in [0.5, 0.6) is 11.5 Å². The topological polar surface area (TPSA) is 35.5 Å². The predicted molar refractivity (Wildman–Crippen MR) is 57.9 cm³/mol. The molecule has 0 radical (unpaired) electrons. The van der Waals surface area contributed by atoms with Crippen LogP contribution in [0.15, 0.2) is 18.2 Å². The van der Waals surface area contributed by atoms with Crippen LogP contribution in [0.2, 0.25) is 0 Å². The van der Waals surface area contributed by atoms with E-state index in [0.717, 1.165) is 0 Å². The normalized spacial score (nSPS) is 9.46. The summed E-state index contributed by atoms with van der Waals surface area (Å²) in [5.41, 5.74) is 0.530. The largest absolute Gasteiger partial charge is 0.497 e. The van der Waals surface area contributed by atoms with Crippen LogP contribution in [0.25, 0.3) is 0 Å². The molecular weight excluding hydrogens is 283 g/mol. The van der Waals surface area contributed by atoms with E-state index in [-0.39, 0.29) is 3.79 Å². The lowest BCUT2D eigenvalue weighted by Crippen LogP contribution is -1.95. The van der Waals surface area contributed by atoms with E-state index in [1.54, 1.807) is 47.9 Å². The maximum absolute atomic E-state index is 11.1. The highest BCUT2D eigenvalue weighted by Crippen LogP contribution is 2.25. The van der Waals surface area contributed by atoms with Crippen molar-refractivity contribution in [3.8, 4) is 11.5 Å². The number of halogens is 1. The van der Waals surface area contributed by atoms with Gasteiger partial charge in [0.05, 0.1) is 19.8 Å². The van der Waals surface area contributed by atoms with Gasteiger partial charge >= 0.3 is 0 Å². The monoisotopic (exact) mass is 292 g/mol. The molecule has 1 rings (SSSR count). The zero-order chi connectivity index (χ0) is 9.84. The summed E-state index contributed by atoms with van der Waals surface area (Å²) in [4.78, 5) is 11.1.